The Balaban J connectivity index is 1.09. The lowest BCUT2D eigenvalue weighted by Crippen LogP contribution is -2.60. The molecule has 6 rings (SSSR count). The Morgan fingerprint density at radius 2 is 1.50 bits per heavy atom. The van der Waals surface area contributed by atoms with E-state index in [0.29, 0.717) is 11.3 Å². The Labute approximate surface area is 282 Å². The minimum atomic E-state index is -2.07. The summed E-state index contributed by atoms with van der Waals surface area (Å²) < 4.78 is 43.4. The normalized spacial score (nSPS) is 35.8. The van der Waals surface area contributed by atoms with Crippen LogP contribution in [0.5, 0.6) is 17.2 Å². The molecule has 0 bridgehead atoms. The lowest BCUT2D eigenvalue weighted by molar-refractivity contribution is -0.289. The molecule has 274 valence electrons. The highest BCUT2D eigenvalue weighted by Gasteiger charge is 2.53. The molecule has 9 N–H and O–H groups in total. The molecule has 3 aliphatic rings. The summed E-state index contributed by atoms with van der Waals surface area (Å²) in [7, 11) is 1.51. The zero-order valence-corrected chi connectivity index (χ0v) is 26.5. The minimum Gasteiger partial charge on any atom is -0.507 e. The molecular weight excluding hydrogens is 672 g/mol. The smallest absolute Gasteiger partial charge is 0.229 e. The van der Waals surface area contributed by atoms with Gasteiger partial charge in [0, 0.05) is 12.1 Å². The van der Waals surface area contributed by atoms with E-state index in [2.05, 4.69) is 0 Å². The van der Waals surface area contributed by atoms with Crippen LogP contribution in [-0.4, -0.2) is 153 Å². The third-order valence-electron chi connectivity index (χ3n) is 8.96. The van der Waals surface area contributed by atoms with Gasteiger partial charge in [-0.25, -0.2) is 0 Å². The van der Waals surface area contributed by atoms with Gasteiger partial charge in [-0.15, -0.1) is 0 Å². The van der Waals surface area contributed by atoms with Gasteiger partial charge in [0.1, 0.15) is 82.3 Å². The molecule has 11 atom stereocenters. The number of hydrogen-bond donors (Lipinski definition) is 9. The molecule has 50 heavy (non-hydrogen) atoms. The molecule has 3 aliphatic heterocycles. The third-order valence-corrected chi connectivity index (χ3v) is 8.96. The molecule has 0 saturated carbocycles. The molecule has 2 aromatic carbocycles. The van der Waals surface area contributed by atoms with E-state index in [0.717, 1.165) is 6.07 Å². The molecule has 8 unspecified atom stereocenters. The summed E-state index contributed by atoms with van der Waals surface area (Å²) in [6, 6.07) is 8.98. The van der Waals surface area contributed by atoms with Gasteiger partial charge >= 0.3 is 0 Å². The van der Waals surface area contributed by atoms with E-state index in [1.54, 1.807) is 24.3 Å². The van der Waals surface area contributed by atoms with Crippen LogP contribution >= 0.6 is 0 Å². The lowest BCUT2D eigenvalue weighted by atomic mass is 9.99. The van der Waals surface area contributed by atoms with Crippen LogP contribution in [0, 0.1) is 0 Å². The number of fused-ring (bicyclic) bond motifs is 1. The summed E-state index contributed by atoms with van der Waals surface area (Å²) in [5.74, 6) is -0.0523. The van der Waals surface area contributed by atoms with Gasteiger partial charge in [0.15, 0.2) is 12.6 Å². The number of aromatic hydroxyl groups is 1. The molecule has 18 nitrogen and oxygen atoms in total. The van der Waals surface area contributed by atoms with Crippen LogP contribution in [0.25, 0.3) is 22.1 Å². The first-order valence-corrected chi connectivity index (χ1v) is 15.5. The van der Waals surface area contributed by atoms with E-state index in [4.69, 9.17) is 37.6 Å². The number of aliphatic hydroxyl groups excluding tert-OH is 6. The Morgan fingerprint density at radius 1 is 0.840 bits per heavy atom. The fraction of sp³-hybridized carbons (Fsp3) is 0.531. The molecule has 1 aromatic heterocycles. The van der Waals surface area contributed by atoms with Crippen LogP contribution in [0.3, 0.4) is 0 Å². The van der Waals surface area contributed by atoms with E-state index in [-0.39, 0.29) is 22.3 Å². The highest BCUT2D eigenvalue weighted by molar-refractivity contribution is 5.88. The van der Waals surface area contributed by atoms with Crippen LogP contribution in [0.4, 0.5) is 0 Å². The second-order valence-corrected chi connectivity index (χ2v) is 12.4. The Hall–Kier alpha value is -3.47. The van der Waals surface area contributed by atoms with Gasteiger partial charge in [-0.1, -0.05) is 12.1 Å². The molecule has 3 fully saturated rings. The summed E-state index contributed by atoms with van der Waals surface area (Å²) in [5, 5.41) is 93.5. The summed E-state index contributed by atoms with van der Waals surface area (Å²) in [4.78, 5) is 13.3. The second-order valence-electron chi connectivity index (χ2n) is 12.4. The number of hydrogen-bond acceptors (Lipinski definition) is 18. The van der Waals surface area contributed by atoms with Gasteiger partial charge in [0.2, 0.25) is 11.7 Å². The maximum atomic E-state index is 13.3. The Bertz CT molecular complexity index is 1700. The van der Waals surface area contributed by atoms with Crippen molar-refractivity contribution in [2.45, 2.75) is 66.7 Å². The number of methoxy groups -OCH3 is 1. The summed E-state index contributed by atoms with van der Waals surface area (Å²) >= 11 is 0. The first-order chi connectivity index (χ1) is 23.8. The Kier molecular flexibility index (Phi) is 10.4. The zero-order valence-electron chi connectivity index (χ0n) is 26.5. The molecule has 0 amide bonds. The summed E-state index contributed by atoms with van der Waals surface area (Å²) in [6.07, 6.45) is -13.4. The van der Waals surface area contributed by atoms with E-state index in [9.17, 15) is 50.8 Å². The maximum Gasteiger partial charge on any atom is 0.229 e. The van der Waals surface area contributed by atoms with Crippen molar-refractivity contribution < 1.29 is 83.5 Å². The van der Waals surface area contributed by atoms with E-state index in [1.165, 1.54) is 19.4 Å². The first-order valence-electron chi connectivity index (χ1n) is 15.5. The van der Waals surface area contributed by atoms with Gasteiger partial charge in [0.25, 0.3) is 0 Å². The topological polar surface area (TPSA) is 277 Å². The maximum absolute atomic E-state index is 13.3. The Morgan fingerprint density at radius 3 is 2.16 bits per heavy atom. The number of rotatable bonds is 11. The second kappa shape index (κ2) is 14.3. The molecule has 0 radical (unpaired) electrons. The third kappa shape index (κ3) is 6.78. The van der Waals surface area contributed by atoms with E-state index < -0.39 is 111 Å². The first kappa shape index (κ1) is 36.3. The average Bonchev–Trinajstić information content (AvgIpc) is 3.56. The van der Waals surface area contributed by atoms with Gasteiger partial charge in [-0.2, -0.15) is 0 Å². The monoisotopic (exact) mass is 710 g/mol. The van der Waals surface area contributed by atoms with Crippen LogP contribution in [-0.2, 0) is 23.7 Å². The van der Waals surface area contributed by atoms with Gasteiger partial charge in [0.05, 0.1) is 45.7 Å². The predicted octanol–water partition coefficient (Wildman–Crippen LogP) is -2.72. The van der Waals surface area contributed by atoms with Crippen LogP contribution in [0.2, 0.25) is 0 Å². The van der Waals surface area contributed by atoms with Crippen molar-refractivity contribution in [1.29, 1.82) is 0 Å². The molecule has 18 heteroatoms. The van der Waals surface area contributed by atoms with E-state index in [1.807, 2.05) is 0 Å². The van der Waals surface area contributed by atoms with E-state index >= 15 is 0 Å². The van der Waals surface area contributed by atoms with Crippen molar-refractivity contribution in [1.82, 2.24) is 0 Å². The molecule has 3 saturated heterocycles. The fourth-order valence-corrected chi connectivity index (χ4v) is 5.80. The van der Waals surface area contributed by atoms with Crippen molar-refractivity contribution in [2.75, 3.05) is 40.1 Å². The molecule has 4 heterocycles. The molecule has 0 aliphatic carbocycles. The number of benzene rings is 2. The minimum absolute atomic E-state index is 0.0602. The van der Waals surface area contributed by atoms with Crippen molar-refractivity contribution >= 4 is 11.0 Å². The predicted molar refractivity (Wildman–Crippen MR) is 164 cm³/mol. The van der Waals surface area contributed by atoms with Gasteiger partial charge in [-0.05, 0) is 17.7 Å². The van der Waals surface area contributed by atoms with Crippen LogP contribution < -0.4 is 14.9 Å². The van der Waals surface area contributed by atoms with Crippen molar-refractivity contribution in [3.05, 3.63) is 52.9 Å². The van der Waals surface area contributed by atoms with Gasteiger partial charge in [-0.3, -0.25) is 4.79 Å². The van der Waals surface area contributed by atoms with Crippen molar-refractivity contribution in [2.24, 2.45) is 0 Å². The lowest BCUT2D eigenvalue weighted by Gasteiger charge is -2.40. The zero-order chi connectivity index (χ0) is 36.0. The molecular formula is C32H38O18. The quantitative estimate of drug-likeness (QED) is 0.0978. The summed E-state index contributed by atoms with van der Waals surface area (Å²) in [6.45, 7) is -2.93. The fourth-order valence-electron chi connectivity index (χ4n) is 5.80. The number of aliphatic hydroxyl groups is 8. The number of phenolic OH excluding ortho intramolecular Hbond substituents is 1. The van der Waals surface area contributed by atoms with Crippen LogP contribution in [0.15, 0.2) is 51.9 Å². The van der Waals surface area contributed by atoms with Crippen molar-refractivity contribution in [3.8, 4) is 28.4 Å². The van der Waals surface area contributed by atoms with Crippen LogP contribution in [0.1, 0.15) is 0 Å². The van der Waals surface area contributed by atoms with Gasteiger partial charge < -0.3 is 83.5 Å². The van der Waals surface area contributed by atoms with Crippen molar-refractivity contribution in [3.63, 3.8) is 0 Å². The highest BCUT2D eigenvalue weighted by atomic mass is 16.7. The largest absolute Gasteiger partial charge is 0.507 e. The highest BCUT2D eigenvalue weighted by Crippen LogP contribution is 2.34. The SMILES string of the molecule is COc1ccc(-c2coc3cc(O[C@@H]4OC(COC5OCC(O)(COC6OCC(O)(CO)C6O)C5O)[C@@H](O)[C@H](O)C4O)cc(O)c3c2=O)cc1. The number of ether oxygens (including phenoxy) is 7. The number of phenols is 1. The standard InChI is InChI=1S/C32H38O18/c1-43-15-4-2-14(3-5-15)17-8-44-19-7-16(6-18(34)21(19)22(17)35)49-28-25(38)24(37)23(36)20(50-28)9-45-29-27(40)32(42,12-47-29)13-48-30-26(39)31(41,10-33)11-46-30/h2-8,20,23-30,33-34,36-42H,9-13H2,1H3/t20?,23-,24+,25?,26?,27?,28-,29?,30?,31?,32?/m1/s1. The average molecular weight is 711 g/mol. The molecule has 3 aromatic rings. The summed E-state index contributed by atoms with van der Waals surface area (Å²) in [5.41, 5.74) is -3.92. The molecule has 0 spiro atoms.